The van der Waals surface area contributed by atoms with E-state index in [2.05, 4.69) is 36.8 Å². The predicted octanol–water partition coefficient (Wildman–Crippen LogP) is 2.59. The molecule has 0 fully saturated rings. The molecule has 9 heteroatoms. The van der Waals surface area contributed by atoms with Crippen molar-refractivity contribution in [2.75, 3.05) is 12.4 Å². The average Bonchev–Trinajstić information content (AvgIpc) is 3.15. The van der Waals surface area contributed by atoms with Gasteiger partial charge in [0.15, 0.2) is 10.5 Å². The van der Waals surface area contributed by atoms with Crippen molar-refractivity contribution in [2.45, 2.75) is 6.92 Å². The van der Waals surface area contributed by atoms with Gasteiger partial charge in [-0.1, -0.05) is 0 Å². The fourth-order valence-electron chi connectivity index (χ4n) is 2.02. The number of nitrogens with zero attached hydrogens (tertiary/aromatic N) is 4. The van der Waals surface area contributed by atoms with Gasteiger partial charge < -0.3 is 14.5 Å². The Bertz CT molecular complexity index is 858. The van der Waals surface area contributed by atoms with E-state index in [9.17, 15) is 4.79 Å². The molecule has 3 rings (SSSR count). The lowest BCUT2D eigenvalue weighted by atomic mass is 10.2. The largest absolute Gasteiger partial charge is 0.494 e. The van der Waals surface area contributed by atoms with Crippen molar-refractivity contribution in [1.82, 2.24) is 20.2 Å². The number of tetrazole rings is 1. The van der Waals surface area contributed by atoms with Crippen LogP contribution in [0.4, 0.5) is 5.69 Å². The lowest BCUT2D eigenvalue weighted by molar-refractivity contribution is 0.102. The molecule has 0 aliphatic rings. The van der Waals surface area contributed by atoms with E-state index in [0.29, 0.717) is 33.2 Å². The number of aromatic nitrogens is 4. The normalized spacial score (nSPS) is 10.6. The summed E-state index contributed by atoms with van der Waals surface area (Å²) >= 11 is 3.16. The number of ether oxygens (including phenoxy) is 1. The summed E-state index contributed by atoms with van der Waals surface area (Å²) in [6, 6.07) is 6.78. The number of anilines is 1. The van der Waals surface area contributed by atoms with Crippen LogP contribution in [0.5, 0.6) is 5.75 Å². The van der Waals surface area contributed by atoms with Crippen LogP contribution in [0.1, 0.15) is 16.2 Å². The molecule has 8 nitrogen and oxygen atoms in total. The Morgan fingerprint density at radius 1 is 1.39 bits per heavy atom. The average molecular weight is 378 g/mol. The van der Waals surface area contributed by atoms with E-state index >= 15 is 0 Å². The third-order valence-corrected chi connectivity index (χ3v) is 3.54. The summed E-state index contributed by atoms with van der Waals surface area (Å²) in [6.45, 7) is 1.77. The van der Waals surface area contributed by atoms with Crippen LogP contribution in [0.25, 0.3) is 5.69 Å². The number of halogens is 1. The summed E-state index contributed by atoms with van der Waals surface area (Å²) < 4.78 is 12.4. The van der Waals surface area contributed by atoms with E-state index in [-0.39, 0.29) is 5.91 Å². The summed E-state index contributed by atoms with van der Waals surface area (Å²) in [5, 5.41) is 14.2. The van der Waals surface area contributed by atoms with Gasteiger partial charge >= 0.3 is 0 Å². The molecule has 0 atom stereocenters. The van der Waals surface area contributed by atoms with Crippen molar-refractivity contribution < 1.29 is 13.9 Å². The van der Waals surface area contributed by atoms with Gasteiger partial charge in [0.1, 0.15) is 17.7 Å². The second kappa shape index (κ2) is 6.21. The first-order chi connectivity index (χ1) is 11.1. The number of benzene rings is 1. The lowest BCUT2D eigenvalue weighted by Gasteiger charge is -2.11. The highest BCUT2D eigenvalue weighted by atomic mass is 79.9. The molecule has 118 valence electrons. The summed E-state index contributed by atoms with van der Waals surface area (Å²) in [5.74, 6) is 0.902. The Balaban J connectivity index is 1.92. The van der Waals surface area contributed by atoms with Crippen LogP contribution in [0.2, 0.25) is 0 Å². The van der Waals surface area contributed by atoms with Gasteiger partial charge in [0.2, 0.25) is 0 Å². The van der Waals surface area contributed by atoms with Crippen LogP contribution >= 0.6 is 15.9 Å². The third kappa shape index (κ3) is 3.09. The number of nitrogens with one attached hydrogen (secondary N) is 1. The highest BCUT2D eigenvalue weighted by molar-refractivity contribution is 9.10. The van der Waals surface area contributed by atoms with Gasteiger partial charge in [-0.15, -0.1) is 5.10 Å². The molecule has 3 aromatic rings. The van der Waals surface area contributed by atoms with Gasteiger partial charge in [-0.3, -0.25) is 4.79 Å². The highest BCUT2D eigenvalue weighted by Gasteiger charge is 2.14. The summed E-state index contributed by atoms with van der Waals surface area (Å²) in [4.78, 5) is 12.2. The van der Waals surface area contributed by atoms with Crippen LogP contribution in [-0.2, 0) is 0 Å². The zero-order chi connectivity index (χ0) is 16.4. The van der Waals surface area contributed by atoms with Gasteiger partial charge in [0.05, 0.1) is 12.7 Å². The van der Waals surface area contributed by atoms with Crippen LogP contribution in [0, 0.1) is 6.92 Å². The molecule has 2 aromatic heterocycles. The molecule has 0 aliphatic heterocycles. The molecule has 1 amide bonds. The second-order valence-electron chi connectivity index (χ2n) is 4.62. The molecule has 0 radical (unpaired) electrons. The first-order valence-electron chi connectivity index (χ1n) is 6.57. The SMILES string of the molecule is COc1ccc(NC(=O)c2coc(Br)c2)cc1-n1nnnc1C. The zero-order valence-corrected chi connectivity index (χ0v) is 13.9. The fraction of sp³-hybridized carbons (Fsp3) is 0.143. The van der Waals surface area contributed by atoms with Gasteiger partial charge in [-0.2, -0.15) is 4.68 Å². The minimum Gasteiger partial charge on any atom is -0.494 e. The van der Waals surface area contributed by atoms with Gasteiger partial charge in [0, 0.05) is 11.8 Å². The molecule has 23 heavy (non-hydrogen) atoms. The summed E-state index contributed by atoms with van der Waals surface area (Å²) in [7, 11) is 1.56. The molecule has 0 saturated carbocycles. The highest BCUT2D eigenvalue weighted by Crippen LogP contribution is 2.27. The van der Waals surface area contributed by atoms with E-state index < -0.39 is 0 Å². The Morgan fingerprint density at radius 3 is 2.83 bits per heavy atom. The first-order valence-corrected chi connectivity index (χ1v) is 7.36. The number of aryl methyl sites for hydroxylation is 1. The van der Waals surface area contributed by atoms with Gasteiger partial charge in [0.25, 0.3) is 5.91 Å². The van der Waals surface area contributed by atoms with Crippen LogP contribution in [0.3, 0.4) is 0 Å². The maximum atomic E-state index is 12.2. The summed E-state index contributed by atoms with van der Waals surface area (Å²) in [5.41, 5.74) is 1.62. The molecular weight excluding hydrogens is 366 g/mol. The van der Waals surface area contributed by atoms with E-state index in [1.807, 2.05) is 0 Å². The Labute approximate surface area is 139 Å². The number of hydrogen-bond donors (Lipinski definition) is 1. The van der Waals surface area contributed by atoms with Gasteiger partial charge in [-0.25, -0.2) is 0 Å². The molecular formula is C14H12BrN5O3. The van der Waals surface area contributed by atoms with E-state index in [1.165, 1.54) is 10.9 Å². The van der Waals surface area contributed by atoms with E-state index in [0.717, 1.165) is 0 Å². The smallest absolute Gasteiger partial charge is 0.258 e. The number of hydrogen-bond acceptors (Lipinski definition) is 6. The first kappa shape index (κ1) is 15.2. The van der Waals surface area contributed by atoms with Crippen molar-refractivity contribution in [2.24, 2.45) is 0 Å². The molecule has 0 saturated heterocycles. The Morgan fingerprint density at radius 2 is 2.22 bits per heavy atom. The minimum absolute atomic E-state index is 0.288. The predicted molar refractivity (Wildman–Crippen MR) is 84.8 cm³/mol. The topological polar surface area (TPSA) is 95.1 Å². The second-order valence-corrected chi connectivity index (χ2v) is 5.40. The van der Waals surface area contributed by atoms with Crippen molar-refractivity contribution in [3.63, 3.8) is 0 Å². The Kier molecular flexibility index (Phi) is 4.11. The lowest BCUT2D eigenvalue weighted by Crippen LogP contribution is -2.11. The number of carbonyl (C=O) groups excluding carboxylic acids is 1. The quantitative estimate of drug-likeness (QED) is 0.750. The third-order valence-electron chi connectivity index (χ3n) is 3.12. The van der Waals surface area contributed by atoms with Crippen molar-refractivity contribution in [1.29, 1.82) is 0 Å². The van der Waals surface area contributed by atoms with Crippen LogP contribution < -0.4 is 10.1 Å². The van der Waals surface area contributed by atoms with Gasteiger partial charge in [-0.05, 0) is 51.5 Å². The van der Waals surface area contributed by atoms with Crippen molar-refractivity contribution in [3.8, 4) is 11.4 Å². The number of amides is 1. The maximum Gasteiger partial charge on any atom is 0.258 e. The molecule has 0 bridgehead atoms. The van der Waals surface area contributed by atoms with Crippen LogP contribution in [0.15, 0.2) is 39.6 Å². The number of furan rings is 1. The standard InChI is InChI=1S/C14H12BrN5O3/c1-8-17-18-19-20(8)11-6-10(3-4-12(11)22-2)16-14(21)9-5-13(15)23-7-9/h3-7H,1-2H3,(H,16,21). The van der Waals surface area contributed by atoms with Crippen LogP contribution in [-0.4, -0.2) is 33.2 Å². The van der Waals surface area contributed by atoms with Crippen molar-refractivity contribution >= 4 is 27.5 Å². The zero-order valence-electron chi connectivity index (χ0n) is 12.3. The molecule has 0 unspecified atom stereocenters. The molecule has 1 N–H and O–H groups in total. The summed E-state index contributed by atoms with van der Waals surface area (Å²) in [6.07, 6.45) is 1.37. The molecule has 1 aromatic carbocycles. The fourth-order valence-corrected chi connectivity index (χ4v) is 2.36. The monoisotopic (exact) mass is 377 g/mol. The number of rotatable bonds is 4. The number of methoxy groups -OCH3 is 1. The maximum absolute atomic E-state index is 12.2. The molecule has 2 heterocycles. The minimum atomic E-state index is -0.288. The van der Waals surface area contributed by atoms with E-state index in [4.69, 9.17) is 9.15 Å². The Hall–Kier alpha value is -2.68. The molecule has 0 aliphatic carbocycles. The number of carbonyl (C=O) groups is 1. The van der Waals surface area contributed by atoms with Crippen molar-refractivity contribution in [3.05, 3.63) is 46.6 Å². The van der Waals surface area contributed by atoms with E-state index in [1.54, 1.807) is 38.3 Å². The molecule has 0 spiro atoms.